The molecule has 0 aliphatic carbocycles. The van der Waals surface area contributed by atoms with Crippen molar-refractivity contribution in [3.63, 3.8) is 0 Å². The molecule has 10 aromatic rings. The van der Waals surface area contributed by atoms with Crippen molar-refractivity contribution in [3.05, 3.63) is 212 Å². The van der Waals surface area contributed by atoms with Crippen molar-refractivity contribution in [3.8, 4) is 45.3 Å². The molecular weight excluding hydrogens is 739 g/mol. The van der Waals surface area contributed by atoms with Crippen LogP contribution in [0.5, 0.6) is 23.0 Å². The normalized spacial score (nSPS) is 13.2. The van der Waals surface area contributed by atoms with E-state index in [1.807, 2.05) is 12.1 Å². The number of hydrogen-bond donors (Lipinski definition) is 0. The second-order valence-corrected chi connectivity index (χ2v) is 18.8. The highest BCUT2D eigenvalue weighted by Crippen LogP contribution is 2.46. The summed E-state index contributed by atoms with van der Waals surface area (Å²) in [5.74, 6) is 3.49. The Morgan fingerprint density at radius 3 is 1.58 bits per heavy atom. The molecular formula is C54H35NO3Si. The zero-order chi connectivity index (χ0) is 38.9. The van der Waals surface area contributed by atoms with Crippen LogP contribution < -0.4 is 35.1 Å². The highest BCUT2D eigenvalue weighted by atomic mass is 28.3. The summed E-state index contributed by atoms with van der Waals surface area (Å²) in [5.41, 5.74) is 9.32. The molecule has 0 radical (unpaired) electrons. The van der Waals surface area contributed by atoms with Crippen LogP contribution in [0, 0.1) is 0 Å². The van der Waals surface area contributed by atoms with Gasteiger partial charge in [-0.2, -0.15) is 0 Å². The van der Waals surface area contributed by atoms with Gasteiger partial charge in [-0.1, -0.05) is 152 Å². The summed E-state index contributed by atoms with van der Waals surface area (Å²) in [4.78, 5) is 2.32. The maximum atomic E-state index is 7.21. The average molecular weight is 774 g/mol. The molecule has 1 aromatic heterocycles. The smallest absolute Gasteiger partial charge is 0.196 e. The Morgan fingerprint density at radius 1 is 0.356 bits per heavy atom. The van der Waals surface area contributed by atoms with Crippen LogP contribution in [0.25, 0.3) is 44.2 Å². The Labute approximate surface area is 342 Å². The molecule has 0 amide bonds. The zero-order valence-electron chi connectivity index (χ0n) is 31.9. The maximum absolute atomic E-state index is 7.21. The molecule has 0 saturated carbocycles. The topological polar surface area (TPSA) is 34.8 Å². The van der Waals surface area contributed by atoms with Gasteiger partial charge in [0.1, 0.15) is 28.4 Å². The monoisotopic (exact) mass is 773 g/mol. The number of nitrogens with zero attached hydrogens (tertiary/aromatic N) is 1. The highest BCUT2D eigenvalue weighted by molar-refractivity contribution is 7.21. The number of hydrogen-bond acceptors (Lipinski definition) is 4. The average Bonchev–Trinajstić information content (AvgIpc) is 3.68. The Morgan fingerprint density at radius 2 is 0.881 bits per heavy atom. The molecule has 5 heteroatoms. The van der Waals surface area contributed by atoms with Crippen LogP contribution in [0.15, 0.2) is 217 Å². The Balaban J connectivity index is 1.10. The van der Waals surface area contributed by atoms with Crippen molar-refractivity contribution in [1.29, 1.82) is 0 Å². The van der Waals surface area contributed by atoms with Gasteiger partial charge in [-0.15, -0.1) is 0 Å². The summed E-state index contributed by atoms with van der Waals surface area (Å²) in [7, 11) is -2.98. The van der Waals surface area contributed by atoms with Crippen molar-refractivity contribution < 1.29 is 13.9 Å². The lowest BCUT2D eigenvalue weighted by molar-refractivity contribution is 0.482. The standard InChI is InChI=1S/C54H35NO3Si/c1-2-15-36(16-3-1)40-17-4-5-18-41(40)37-29-31-38(32-30-37)55(39-33-34-43-42-19-6-7-21-45(42)56-49(43)35-39)44-20-14-28-53-54(44)58-48-24-10-13-27-52(48)59(53)50-25-11-8-22-46(50)57-47-23-9-12-26-51(47)59/h1-35H. The Bertz CT molecular complexity index is 3180. The first-order chi connectivity index (χ1) is 29.3. The number of anilines is 3. The fraction of sp³-hybridized carbons (Fsp3) is 0. The van der Waals surface area contributed by atoms with E-state index in [4.69, 9.17) is 13.9 Å². The first-order valence-electron chi connectivity index (χ1n) is 20.0. The van der Waals surface area contributed by atoms with Gasteiger partial charge in [-0.05, 0) is 97.6 Å². The summed E-state index contributed by atoms with van der Waals surface area (Å²) in [5, 5.41) is 7.00. The van der Waals surface area contributed by atoms with E-state index in [-0.39, 0.29) is 0 Å². The Hall–Kier alpha value is -7.60. The van der Waals surface area contributed by atoms with Gasteiger partial charge in [0.05, 0.1) is 11.4 Å². The SMILES string of the molecule is c1ccc(-c2ccccc2-c2ccc(N(c3ccc4c(c3)oc3ccccc34)c3cccc4c3Oc3ccccc3[Si]43c4ccccc4Oc4ccccc43)cc2)cc1. The van der Waals surface area contributed by atoms with Gasteiger partial charge >= 0.3 is 0 Å². The number of fused-ring (bicyclic) bond motifs is 11. The first-order valence-corrected chi connectivity index (χ1v) is 22.0. The molecule has 2 aliphatic heterocycles. The molecule has 0 bridgehead atoms. The van der Waals surface area contributed by atoms with Crippen LogP contribution in [0.3, 0.4) is 0 Å². The lowest BCUT2D eigenvalue weighted by Gasteiger charge is -2.44. The van der Waals surface area contributed by atoms with E-state index in [1.165, 1.54) is 37.4 Å². The van der Waals surface area contributed by atoms with Gasteiger partial charge in [0.25, 0.3) is 0 Å². The van der Waals surface area contributed by atoms with Crippen LogP contribution >= 0.6 is 0 Å². The number of benzene rings is 9. The minimum absolute atomic E-state index is 0.830. The third kappa shape index (κ3) is 5.08. The van der Waals surface area contributed by atoms with E-state index in [2.05, 4.69) is 205 Å². The largest absolute Gasteiger partial charge is 0.458 e. The van der Waals surface area contributed by atoms with E-state index in [0.29, 0.717) is 0 Å². The van der Waals surface area contributed by atoms with E-state index in [0.717, 1.165) is 67.6 Å². The van der Waals surface area contributed by atoms with Gasteiger partial charge in [-0.3, -0.25) is 0 Å². The minimum Gasteiger partial charge on any atom is -0.458 e. The number of ether oxygens (including phenoxy) is 2. The number of rotatable bonds is 5. The van der Waals surface area contributed by atoms with E-state index in [1.54, 1.807) is 0 Å². The van der Waals surface area contributed by atoms with E-state index in [9.17, 15) is 0 Å². The second kappa shape index (κ2) is 13.2. The zero-order valence-corrected chi connectivity index (χ0v) is 32.9. The summed E-state index contributed by atoms with van der Waals surface area (Å²) in [6, 6.07) is 75.3. The van der Waals surface area contributed by atoms with Crippen molar-refractivity contribution in [1.82, 2.24) is 0 Å². The number of furan rings is 1. The predicted molar refractivity (Wildman–Crippen MR) is 243 cm³/mol. The molecule has 9 aromatic carbocycles. The number of para-hydroxylation sites is 5. The summed E-state index contributed by atoms with van der Waals surface area (Å²) < 4.78 is 20.4. The highest BCUT2D eigenvalue weighted by Gasteiger charge is 2.53. The van der Waals surface area contributed by atoms with Crippen LogP contribution in [0.4, 0.5) is 17.1 Å². The summed E-state index contributed by atoms with van der Waals surface area (Å²) >= 11 is 0. The third-order valence-electron chi connectivity index (χ3n) is 12.0. The molecule has 0 atom stereocenters. The maximum Gasteiger partial charge on any atom is 0.196 e. The second-order valence-electron chi connectivity index (χ2n) is 15.2. The minimum atomic E-state index is -2.98. The van der Waals surface area contributed by atoms with Crippen molar-refractivity contribution in [2.75, 3.05) is 4.90 Å². The van der Waals surface area contributed by atoms with Crippen LogP contribution in [-0.2, 0) is 0 Å². The molecule has 0 N–H and O–H groups in total. The van der Waals surface area contributed by atoms with Crippen LogP contribution in [-0.4, -0.2) is 8.07 Å². The predicted octanol–water partition coefficient (Wildman–Crippen LogP) is 12.0. The molecule has 0 unspecified atom stereocenters. The fourth-order valence-corrected chi connectivity index (χ4v) is 14.6. The molecule has 0 fully saturated rings. The fourth-order valence-electron chi connectivity index (χ4n) is 9.47. The summed E-state index contributed by atoms with van der Waals surface area (Å²) in [6.45, 7) is 0. The first kappa shape index (κ1) is 33.5. The lowest BCUT2D eigenvalue weighted by atomic mass is 9.94. The van der Waals surface area contributed by atoms with Crippen molar-refractivity contribution in [2.24, 2.45) is 0 Å². The third-order valence-corrected chi connectivity index (χ3v) is 16.9. The van der Waals surface area contributed by atoms with Gasteiger partial charge in [0.15, 0.2) is 13.8 Å². The summed E-state index contributed by atoms with van der Waals surface area (Å²) in [6.07, 6.45) is 0. The van der Waals surface area contributed by atoms with Crippen LogP contribution in [0.2, 0.25) is 0 Å². The van der Waals surface area contributed by atoms with Gasteiger partial charge in [0, 0.05) is 22.5 Å². The van der Waals surface area contributed by atoms with Gasteiger partial charge in [-0.25, -0.2) is 0 Å². The van der Waals surface area contributed by atoms with Crippen LogP contribution in [0.1, 0.15) is 0 Å². The molecule has 3 heterocycles. The Kier molecular flexibility index (Phi) is 7.52. The molecule has 1 spiro atoms. The van der Waals surface area contributed by atoms with Crippen molar-refractivity contribution in [2.45, 2.75) is 0 Å². The molecule has 0 saturated heterocycles. The quantitative estimate of drug-likeness (QED) is 0.163. The van der Waals surface area contributed by atoms with Gasteiger partial charge in [0.2, 0.25) is 0 Å². The molecule has 12 rings (SSSR count). The molecule has 278 valence electrons. The molecule has 4 nitrogen and oxygen atoms in total. The van der Waals surface area contributed by atoms with Crippen molar-refractivity contribution >= 4 is 67.8 Å². The lowest BCUT2D eigenvalue weighted by Crippen LogP contribution is -2.77. The van der Waals surface area contributed by atoms with E-state index >= 15 is 0 Å². The van der Waals surface area contributed by atoms with Gasteiger partial charge < -0.3 is 18.8 Å². The molecule has 2 aliphatic rings. The molecule has 59 heavy (non-hydrogen) atoms. The van der Waals surface area contributed by atoms with E-state index < -0.39 is 8.07 Å².